The summed E-state index contributed by atoms with van der Waals surface area (Å²) in [7, 11) is 2.17. The van der Waals surface area contributed by atoms with Crippen molar-refractivity contribution in [3.63, 3.8) is 0 Å². The molecule has 3 heteroatoms. The highest BCUT2D eigenvalue weighted by atomic mass is 32.1. The van der Waals surface area contributed by atoms with E-state index in [1.54, 1.807) is 0 Å². The van der Waals surface area contributed by atoms with E-state index in [1.807, 2.05) is 0 Å². The average Bonchev–Trinajstić information content (AvgIpc) is 2.30. The Bertz CT molecular complexity index is 142. The van der Waals surface area contributed by atoms with Gasteiger partial charge in [0, 0.05) is 23.9 Å². The fourth-order valence-electron chi connectivity index (χ4n) is 1.50. The summed E-state index contributed by atoms with van der Waals surface area (Å²) in [6.07, 6.45) is 1.28. The normalized spacial score (nSPS) is 26.5. The number of nitrogens with one attached hydrogen (secondary N) is 1. The van der Waals surface area contributed by atoms with Gasteiger partial charge in [0.05, 0.1) is 0 Å². The summed E-state index contributed by atoms with van der Waals surface area (Å²) in [6, 6.07) is 0.682. The summed E-state index contributed by atoms with van der Waals surface area (Å²) in [5, 5.41) is 3.53. The fraction of sp³-hybridized carbons (Fsp3) is 1.00. The summed E-state index contributed by atoms with van der Waals surface area (Å²) in [4.78, 5) is 2.36. The number of hydrogen-bond donors (Lipinski definition) is 2. The van der Waals surface area contributed by atoms with E-state index >= 15 is 0 Å². The van der Waals surface area contributed by atoms with Crippen LogP contribution in [0, 0.1) is 0 Å². The zero-order valence-electron chi connectivity index (χ0n) is 8.30. The van der Waals surface area contributed by atoms with Crippen molar-refractivity contribution in [3.05, 3.63) is 0 Å². The molecule has 0 aliphatic carbocycles. The van der Waals surface area contributed by atoms with Gasteiger partial charge in [0.2, 0.25) is 0 Å². The van der Waals surface area contributed by atoms with E-state index in [2.05, 4.69) is 43.7 Å². The van der Waals surface area contributed by atoms with Crippen molar-refractivity contribution in [2.24, 2.45) is 0 Å². The number of thiol groups is 1. The second-order valence-corrected chi connectivity index (χ2v) is 5.65. The Kier molecular flexibility index (Phi) is 3.44. The van der Waals surface area contributed by atoms with Crippen molar-refractivity contribution >= 4 is 12.6 Å². The highest BCUT2D eigenvalue weighted by Crippen LogP contribution is 2.12. The highest BCUT2D eigenvalue weighted by Gasteiger charge is 2.20. The summed E-state index contributed by atoms with van der Waals surface area (Å²) < 4.78 is 0.112. The molecule has 0 saturated carbocycles. The molecule has 0 aromatic heterocycles. The Morgan fingerprint density at radius 2 is 2.25 bits per heavy atom. The van der Waals surface area contributed by atoms with Crippen LogP contribution in [0.3, 0.4) is 0 Å². The van der Waals surface area contributed by atoms with Gasteiger partial charge in [-0.05, 0) is 33.9 Å². The summed E-state index contributed by atoms with van der Waals surface area (Å²) in [5.41, 5.74) is 0. The smallest absolute Gasteiger partial charge is 0.0207 e. The molecule has 0 amide bonds. The Morgan fingerprint density at radius 1 is 1.58 bits per heavy atom. The zero-order valence-corrected chi connectivity index (χ0v) is 9.19. The lowest BCUT2D eigenvalue weighted by molar-refractivity contribution is 0.395. The summed E-state index contributed by atoms with van der Waals surface area (Å²) in [5.74, 6) is 0. The maximum Gasteiger partial charge on any atom is 0.0207 e. The lowest BCUT2D eigenvalue weighted by Gasteiger charge is -2.21. The number of nitrogens with zero attached hydrogens (tertiary/aromatic N) is 1. The minimum Gasteiger partial charge on any atom is -0.311 e. The first-order valence-corrected chi connectivity index (χ1v) is 5.06. The van der Waals surface area contributed by atoms with E-state index in [4.69, 9.17) is 0 Å². The second-order valence-electron chi connectivity index (χ2n) is 4.44. The Morgan fingerprint density at radius 3 is 2.67 bits per heavy atom. The van der Waals surface area contributed by atoms with E-state index < -0.39 is 0 Å². The maximum atomic E-state index is 4.47. The van der Waals surface area contributed by atoms with Crippen molar-refractivity contribution in [2.45, 2.75) is 31.1 Å². The van der Waals surface area contributed by atoms with Crippen LogP contribution in [0.1, 0.15) is 20.3 Å². The highest BCUT2D eigenvalue weighted by molar-refractivity contribution is 7.81. The molecule has 2 nitrogen and oxygen atoms in total. The predicted molar refractivity (Wildman–Crippen MR) is 57.0 cm³/mol. The van der Waals surface area contributed by atoms with Crippen LogP contribution in [0.5, 0.6) is 0 Å². The van der Waals surface area contributed by atoms with E-state index in [-0.39, 0.29) is 4.75 Å². The lowest BCUT2D eigenvalue weighted by Crippen LogP contribution is -2.39. The fourth-order valence-corrected chi connectivity index (χ4v) is 1.59. The topological polar surface area (TPSA) is 15.3 Å². The van der Waals surface area contributed by atoms with Crippen molar-refractivity contribution in [3.8, 4) is 0 Å². The average molecular weight is 188 g/mol. The van der Waals surface area contributed by atoms with Gasteiger partial charge in [-0.1, -0.05) is 0 Å². The Hall–Kier alpha value is 0.270. The van der Waals surface area contributed by atoms with Gasteiger partial charge in [-0.2, -0.15) is 12.6 Å². The van der Waals surface area contributed by atoms with Crippen molar-refractivity contribution in [1.29, 1.82) is 0 Å². The number of likely N-dealkylation sites (tertiary alicyclic amines) is 1. The standard InChI is InChI=1S/C9H20N2S/c1-9(2,12)7-10-8-4-5-11(3)6-8/h8,10,12H,4-7H2,1-3H3. The molecule has 1 fully saturated rings. The SMILES string of the molecule is CN1CCC(NCC(C)(C)S)C1. The zero-order chi connectivity index (χ0) is 9.19. The van der Waals surface area contributed by atoms with Crippen LogP contribution < -0.4 is 5.32 Å². The molecule has 1 N–H and O–H groups in total. The predicted octanol–water partition coefficient (Wildman–Crippen LogP) is 0.988. The quantitative estimate of drug-likeness (QED) is 0.642. The molecule has 72 valence electrons. The molecule has 0 radical (unpaired) electrons. The minimum absolute atomic E-state index is 0.112. The van der Waals surface area contributed by atoms with E-state index in [0.717, 1.165) is 6.54 Å². The third-order valence-electron chi connectivity index (χ3n) is 2.21. The van der Waals surface area contributed by atoms with Gasteiger partial charge < -0.3 is 10.2 Å². The van der Waals surface area contributed by atoms with Gasteiger partial charge in [0.1, 0.15) is 0 Å². The van der Waals surface area contributed by atoms with Gasteiger partial charge in [-0.15, -0.1) is 0 Å². The monoisotopic (exact) mass is 188 g/mol. The molecule has 1 rings (SSSR count). The lowest BCUT2D eigenvalue weighted by atomic mass is 10.2. The molecule has 0 spiro atoms. The molecule has 0 aromatic rings. The molecule has 1 heterocycles. The van der Waals surface area contributed by atoms with Crippen LogP contribution in [-0.4, -0.2) is 42.4 Å². The number of likely N-dealkylation sites (N-methyl/N-ethyl adjacent to an activating group) is 1. The molecule has 1 unspecified atom stereocenters. The second kappa shape index (κ2) is 3.99. The van der Waals surface area contributed by atoms with Crippen molar-refractivity contribution < 1.29 is 0 Å². The first-order chi connectivity index (χ1) is 5.47. The third kappa shape index (κ3) is 3.78. The Labute approximate surface area is 81.1 Å². The molecule has 1 aliphatic heterocycles. The third-order valence-corrected chi connectivity index (χ3v) is 2.37. The van der Waals surface area contributed by atoms with Crippen molar-refractivity contribution in [2.75, 3.05) is 26.7 Å². The van der Waals surface area contributed by atoms with Crippen molar-refractivity contribution in [1.82, 2.24) is 10.2 Å². The van der Waals surface area contributed by atoms with Crippen LogP contribution in [-0.2, 0) is 0 Å². The van der Waals surface area contributed by atoms with E-state index in [9.17, 15) is 0 Å². The molecular weight excluding hydrogens is 168 g/mol. The minimum atomic E-state index is 0.112. The molecule has 0 bridgehead atoms. The number of hydrogen-bond acceptors (Lipinski definition) is 3. The molecule has 1 aliphatic rings. The van der Waals surface area contributed by atoms with Gasteiger partial charge in [-0.25, -0.2) is 0 Å². The molecule has 1 saturated heterocycles. The van der Waals surface area contributed by atoms with Crippen LogP contribution in [0.25, 0.3) is 0 Å². The van der Waals surface area contributed by atoms with Gasteiger partial charge in [0.15, 0.2) is 0 Å². The van der Waals surface area contributed by atoms with E-state index in [0.29, 0.717) is 6.04 Å². The maximum absolute atomic E-state index is 4.47. The van der Waals surface area contributed by atoms with Crippen LogP contribution in [0.4, 0.5) is 0 Å². The van der Waals surface area contributed by atoms with Gasteiger partial charge >= 0.3 is 0 Å². The van der Waals surface area contributed by atoms with Gasteiger partial charge in [0.25, 0.3) is 0 Å². The van der Waals surface area contributed by atoms with E-state index in [1.165, 1.54) is 19.5 Å². The van der Waals surface area contributed by atoms with Crippen LogP contribution in [0.15, 0.2) is 0 Å². The molecule has 1 atom stereocenters. The number of rotatable bonds is 3. The molecular formula is C9H20N2S. The van der Waals surface area contributed by atoms with Crippen LogP contribution in [0.2, 0.25) is 0 Å². The summed E-state index contributed by atoms with van der Waals surface area (Å²) >= 11 is 4.47. The Balaban J connectivity index is 2.16. The van der Waals surface area contributed by atoms with Gasteiger partial charge in [-0.3, -0.25) is 0 Å². The molecule has 0 aromatic carbocycles. The summed E-state index contributed by atoms with van der Waals surface area (Å²) in [6.45, 7) is 7.69. The largest absolute Gasteiger partial charge is 0.311 e. The first kappa shape index (κ1) is 10.4. The van der Waals surface area contributed by atoms with Crippen LogP contribution >= 0.6 is 12.6 Å². The molecule has 12 heavy (non-hydrogen) atoms. The first-order valence-electron chi connectivity index (χ1n) is 4.62.